The Bertz CT molecular complexity index is 376. The van der Waals surface area contributed by atoms with E-state index in [4.69, 9.17) is 5.26 Å². The molecule has 0 aromatic heterocycles. The van der Waals surface area contributed by atoms with Crippen LogP contribution in [-0.2, 0) is 4.79 Å². The van der Waals surface area contributed by atoms with Crippen LogP contribution in [0, 0.1) is 23.2 Å². The van der Waals surface area contributed by atoms with Crippen molar-refractivity contribution < 1.29 is 18.0 Å². The molecule has 1 aliphatic rings. The van der Waals surface area contributed by atoms with Crippen LogP contribution >= 0.6 is 0 Å². The lowest BCUT2D eigenvalue weighted by Crippen LogP contribution is -2.52. The van der Waals surface area contributed by atoms with Crippen LogP contribution < -0.4 is 5.32 Å². The van der Waals surface area contributed by atoms with Gasteiger partial charge in [0.05, 0.1) is 12.6 Å². The number of carbonyl (C=O) groups excluding carboxylic acids is 1. The Labute approximate surface area is 116 Å². The van der Waals surface area contributed by atoms with Crippen molar-refractivity contribution in [3.63, 3.8) is 0 Å². The topological polar surface area (TPSA) is 56.1 Å². The van der Waals surface area contributed by atoms with Crippen LogP contribution in [0.5, 0.6) is 0 Å². The highest BCUT2D eigenvalue weighted by atomic mass is 19.4. The lowest BCUT2D eigenvalue weighted by atomic mass is 9.91. The first-order valence-corrected chi connectivity index (χ1v) is 6.67. The number of nitrogens with zero attached hydrogens (tertiary/aromatic N) is 2. The molecule has 0 bridgehead atoms. The van der Waals surface area contributed by atoms with Gasteiger partial charge in [0.25, 0.3) is 0 Å². The van der Waals surface area contributed by atoms with Crippen LogP contribution in [0.1, 0.15) is 26.7 Å². The lowest BCUT2D eigenvalue weighted by Gasteiger charge is -2.37. The van der Waals surface area contributed by atoms with Gasteiger partial charge in [-0.1, -0.05) is 13.8 Å². The van der Waals surface area contributed by atoms with E-state index < -0.39 is 18.5 Å². The quantitative estimate of drug-likeness (QED) is 0.805. The third-order valence-corrected chi connectivity index (χ3v) is 3.30. The predicted octanol–water partition coefficient (Wildman–Crippen LogP) is 1.93. The monoisotopic (exact) mass is 291 g/mol. The average Bonchev–Trinajstić information content (AvgIpc) is 2.26. The van der Waals surface area contributed by atoms with Crippen molar-refractivity contribution in [1.82, 2.24) is 10.2 Å². The molecule has 0 aromatic rings. The Morgan fingerprint density at radius 2 is 2.10 bits per heavy atom. The summed E-state index contributed by atoms with van der Waals surface area (Å²) < 4.78 is 37.5. The van der Waals surface area contributed by atoms with Crippen LogP contribution in [-0.4, -0.2) is 42.7 Å². The second-order valence-corrected chi connectivity index (χ2v) is 5.63. The molecule has 114 valence electrons. The van der Waals surface area contributed by atoms with Crippen LogP contribution in [0.2, 0.25) is 0 Å². The Morgan fingerprint density at radius 3 is 2.60 bits per heavy atom. The molecule has 20 heavy (non-hydrogen) atoms. The van der Waals surface area contributed by atoms with E-state index in [1.807, 2.05) is 6.07 Å². The number of nitriles is 1. The molecule has 1 saturated heterocycles. The van der Waals surface area contributed by atoms with Gasteiger partial charge in [-0.25, -0.2) is 0 Å². The molecular formula is C13H20F3N3O. The largest absolute Gasteiger partial charge is 0.389 e. The number of hydrogen-bond donors (Lipinski definition) is 1. The minimum atomic E-state index is -4.22. The maximum Gasteiger partial charge on any atom is 0.389 e. The number of amides is 1. The summed E-state index contributed by atoms with van der Waals surface area (Å²) in [5, 5.41) is 11.5. The Hall–Kier alpha value is -1.29. The van der Waals surface area contributed by atoms with E-state index in [0.29, 0.717) is 13.0 Å². The minimum absolute atomic E-state index is 0.0857. The molecular weight excluding hydrogens is 271 g/mol. The van der Waals surface area contributed by atoms with Crippen molar-refractivity contribution in [2.75, 3.05) is 19.6 Å². The Kier molecular flexibility index (Phi) is 5.81. The van der Waals surface area contributed by atoms with E-state index in [1.54, 1.807) is 18.7 Å². The fourth-order valence-electron chi connectivity index (χ4n) is 2.48. The second-order valence-electron chi connectivity index (χ2n) is 5.63. The highest BCUT2D eigenvalue weighted by molar-refractivity contribution is 5.78. The summed E-state index contributed by atoms with van der Waals surface area (Å²) in [7, 11) is 0. The fourth-order valence-corrected chi connectivity index (χ4v) is 2.48. The SMILES string of the molecule is CC(C)C(=O)NC1CC(CC(F)(F)F)CN(CC#N)C1. The summed E-state index contributed by atoms with van der Waals surface area (Å²) in [5.74, 6) is -0.948. The van der Waals surface area contributed by atoms with Gasteiger partial charge in [-0.05, 0) is 12.3 Å². The molecule has 2 atom stereocenters. The molecule has 1 heterocycles. The Balaban J connectivity index is 2.65. The van der Waals surface area contributed by atoms with Crippen molar-refractivity contribution >= 4 is 5.91 Å². The fraction of sp³-hybridized carbons (Fsp3) is 0.846. The highest BCUT2D eigenvalue weighted by Gasteiger charge is 2.37. The van der Waals surface area contributed by atoms with Gasteiger partial charge in [0.1, 0.15) is 0 Å². The summed E-state index contributed by atoms with van der Waals surface area (Å²) >= 11 is 0. The Morgan fingerprint density at radius 1 is 1.45 bits per heavy atom. The molecule has 7 heteroatoms. The van der Waals surface area contributed by atoms with Crippen molar-refractivity contribution in [3.05, 3.63) is 0 Å². The lowest BCUT2D eigenvalue weighted by molar-refractivity contribution is -0.148. The zero-order valence-electron chi connectivity index (χ0n) is 11.7. The van der Waals surface area contributed by atoms with Crippen molar-refractivity contribution in [3.8, 4) is 6.07 Å². The van der Waals surface area contributed by atoms with Gasteiger partial charge in [0, 0.05) is 31.5 Å². The van der Waals surface area contributed by atoms with E-state index >= 15 is 0 Å². The summed E-state index contributed by atoms with van der Waals surface area (Å²) in [6.45, 7) is 4.24. The number of halogens is 3. The zero-order valence-corrected chi connectivity index (χ0v) is 11.7. The first kappa shape index (κ1) is 16.8. The maximum absolute atomic E-state index is 12.5. The van der Waals surface area contributed by atoms with Gasteiger partial charge >= 0.3 is 6.18 Å². The first-order valence-electron chi connectivity index (χ1n) is 6.67. The van der Waals surface area contributed by atoms with E-state index in [2.05, 4.69) is 5.32 Å². The van der Waals surface area contributed by atoms with Gasteiger partial charge in [-0.15, -0.1) is 0 Å². The van der Waals surface area contributed by atoms with Crippen LogP contribution in [0.4, 0.5) is 13.2 Å². The van der Waals surface area contributed by atoms with E-state index in [9.17, 15) is 18.0 Å². The van der Waals surface area contributed by atoms with E-state index in [-0.39, 0.29) is 31.0 Å². The smallest absolute Gasteiger partial charge is 0.352 e. The molecule has 1 fully saturated rings. The molecule has 1 aliphatic heterocycles. The van der Waals surface area contributed by atoms with Crippen molar-refractivity contribution in [1.29, 1.82) is 5.26 Å². The average molecular weight is 291 g/mol. The van der Waals surface area contributed by atoms with Crippen molar-refractivity contribution in [2.24, 2.45) is 11.8 Å². The molecule has 0 spiro atoms. The molecule has 1 amide bonds. The van der Waals surface area contributed by atoms with Crippen LogP contribution in [0.15, 0.2) is 0 Å². The van der Waals surface area contributed by atoms with Crippen LogP contribution in [0.25, 0.3) is 0 Å². The van der Waals surface area contributed by atoms with Gasteiger partial charge in [-0.3, -0.25) is 9.69 Å². The molecule has 0 aliphatic carbocycles. The number of piperidine rings is 1. The first-order chi connectivity index (χ1) is 9.21. The third kappa shape index (κ3) is 5.78. The summed E-state index contributed by atoms with van der Waals surface area (Å²) in [4.78, 5) is 13.3. The highest BCUT2D eigenvalue weighted by Crippen LogP contribution is 2.30. The van der Waals surface area contributed by atoms with Crippen molar-refractivity contribution in [2.45, 2.75) is 38.9 Å². The van der Waals surface area contributed by atoms with Gasteiger partial charge in [-0.2, -0.15) is 18.4 Å². The number of rotatable bonds is 4. The number of nitrogens with one attached hydrogen (secondary N) is 1. The number of likely N-dealkylation sites (tertiary alicyclic amines) is 1. The zero-order chi connectivity index (χ0) is 15.3. The summed E-state index contributed by atoms with van der Waals surface area (Å²) in [6, 6.07) is 1.63. The maximum atomic E-state index is 12.5. The van der Waals surface area contributed by atoms with Crippen LogP contribution in [0.3, 0.4) is 0 Å². The van der Waals surface area contributed by atoms with E-state index in [1.165, 1.54) is 0 Å². The molecule has 2 unspecified atom stereocenters. The normalized spacial score (nSPS) is 24.4. The predicted molar refractivity (Wildman–Crippen MR) is 67.6 cm³/mol. The third-order valence-electron chi connectivity index (χ3n) is 3.30. The standard InChI is InChI=1S/C13H20F3N3O/c1-9(2)12(20)18-11-5-10(6-13(14,15)16)7-19(8-11)4-3-17/h9-11H,4-8H2,1-2H3,(H,18,20). The molecule has 1 rings (SSSR count). The van der Waals surface area contributed by atoms with Gasteiger partial charge in [0.15, 0.2) is 0 Å². The van der Waals surface area contributed by atoms with Gasteiger partial charge in [0.2, 0.25) is 5.91 Å². The summed E-state index contributed by atoms with van der Waals surface area (Å²) in [6.07, 6.45) is -4.78. The number of carbonyl (C=O) groups is 1. The van der Waals surface area contributed by atoms with E-state index in [0.717, 1.165) is 0 Å². The molecule has 1 N–H and O–H groups in total. The number of alkyl halides is 3. The molecule has 0 aromatic carbocycles. The number of hydrogen-bond acceptors (Lipinski definition) is 3. The minimum Gasteiger partial charge on any atom is -0.352 e. The molecule has 0 radical (unpaired) electrons. The second kappa shape index (κ2) is 6.93. The van der Waals surface area contributed by atoms with Gasteiger partial charge < -0.3 is 5.32 Å². The molecule has 4 nitrogen and oxygen atoms in total. The molecule has 0 saturated carbocycles. The summed E-state index contributed by atoms with van der Waals surface area (Å²) in [5.41, 5.74) is 0.